The number of hydrogen-bond acceptors (Lipinski definition) is 2. The largest absolute Gasteiger partial charge is 0.478 e. The van der Waals surface area contributed by atoms with Crippen molar-refractivity contribution in [2.45, 2.75) is 11.9 Å². The summed E-state index contributed by atoms with van der Waals surface area (Å²) in [6.45, 7) is -3.12. The first-order valence-electron chi connectivity index (χ1n) is 4.02. The Balaban J connectivity index is 3.28. The SMILES string of the molecule is O=C(O)c1cc(CBr)cc(Cl)c1OC(F)F. The molecular weight excluding hydrogens is 309 g/mol. The minimum Gasteiger partial charge on any atom is -0.478 e. The van der Waals surface area contributed by atoms with Gasteiger partial charge in [0, 0.05) is 5.33 Å². The van der Waals surface area contributed by atoms with Gasteiger partial charge in [-0.1, -0.05) is 27.5 Å². The lowest BCUT2D eigenvalue weighted by Gasteiger charge is -2.11. The molecule has 0 saturated carbocycles. The molecule has 0 amide bonds. The van der Waals surface area contributed by atoms with E-state index in [1.165, 1.54) is 12.1 Å². The molecule has 0 unspecified atom stereocenters. The molecule has 0 saturated heterocycles. The van der Waals surface area contributed by atoms with Crippen LogP contribution < -0.4 is 4.74 Å². The van der Waals surface area contributed by atoms with E-state index in [4.69, 9.17) is 16.7 Å². The summed E-state index contributed by atoms with van der Waals surface area (Å²) < 4.78 is 28.2. The Labute approximate surface area is 103 Å². The molecule has 1 rings (SSSR count). The highest BCUT2D eigenvalue weighted by atomic mass is 79.9. The minimum atomic E-state index is -3.12. The number of carboxylic acid groups (broad SMARTS) is 1. The number of carboxylic acids is 1. The van der Waals surface area contributed by atoms with Gasteiger partial charge < -0.3 is 9.84 Å². The maximum Gasteiger partial charge on any atom is 0.387 e. The predicted molar refractivity (Wildman–Crippen MR) is 57.7 cm³/mol. The van der Waals surface area contributed by atoms with Crippen molar-refractivity contribution in [1.29, 1.82) is 0 Å². The molecule has 88 valence electrons. The number of rotatable bonds is 4. The lowest BCUT2D eigenvalue weighted by atomic mass is 10.1. The first kappa shape index (κ1) is 13.2. The fourth-order valence-electron chi connectivity index (χ4n) is 1.09. The number of ether oxygens (including phenoxy) is 1. The molecule has 0 heterocycles. The molecule has 0 aromatic heterocycles. The van der Waals surface area contributed by atoms with Crippen LogP contribution in [0, 0.1) is 0 Å². The van der Waals surface area contributed by atoms with E-state index in [2.05, 4.69) is 20.7 Å². The van der Waals surface area contributed by atoms with E-state index in [1.807, 2.05) is 0 Å². The molecule has 1 N–H and O–H groups in total. The second-order valence-electron chi connectivity index (χ2n) is 2.77. The average Bonchev–Trinajstić information content (AvgIpc) is 2.19. The van der Waals surface area contributed by atoms with Gasteiger partial charge >= 0.3 is 12.6 Å². The summed E-state index contributed by atoms with van der Waals surface area (Å²) in [5.41, 5.74) is 0.172. The Morgan fingerprint density at radius 3 is 2.62 bits per heavy atom. The first-order chi connectivity index (χ1) is 7.45. The molecule has 0 bridgehead atoms. The second kappa shape index (κ2) is 5.45. The average molecular weight is 315 g/mol. The van der Waals surface area contributed by atoms with Crippen molar-refractivity contribution in [3.63, 3.8) is 0 Å². The van der Waals surface area contributed by atoms with E-state index in [-0.39, 0.29) is 10.6 Å². The zero-order valence-corrected chi connectivity index (χ0v) is 10.1. The van der Waals surface area contributed by atoms with Crippen LogP contribution in [0.4, 0.5) is 8.78 Å². The van der Waals surface area contributed by atoms with Crippen LogP contribution in [0.15, 0.2) is 12.1 Å². The molecule has 0 aliphatic rings. The van der Waals surface area contributed by atoms with Gasteiger partial charge in [0.15, 0.2) is 5.75 Å². The molecule has 7 heteroatoms. The Morgan fingerprint density at radius 1 is 1.56 bits per heavy atom. The van der Waals surface area contributed by atoms with Gasteiger partial charge in [0.05, 0.1) is 5.02 Å². The third-order valence-corrected chi connectivity index (χ3v) is 2.62. The summed E-state index contributed by atoms with van der Waals surface area (Å²) >= 11 is 8.77. The summed E-state index contributed by atoms with van der Waals surface area (Å²) in [7, 11) is 0. The molecule has 0 atom stereocenters. The van der Waals surface area contributed by atoms with Crippen molar-refractivity contribution in [3.8, 4) is 5.75 Å². The van der Waals surface area contributed by atoms with Gasteiger partial charge in [0.2, 0.25) is 0 Å². The maximum absolute atomic E-state index is 12.0. The highest BCUT2D eigenvalue weighted by Crippen LogP contribution is 2.32. The highest BCUT2D eigenvalue weighted by molar-refractivity contribution is 9.08. The van der Waals surface area contributed by atoms with Crippen molar-refractivity contribution in [2.75, 3.05) is 0 Å². The number of carbonyl (C=O) groups is 1. The monoisotopic (exact) mass is 314 g/mol. The van der Waals surface area contributed by atoms with Crippen molar-refractivity contribution in [3.05, 3.63) is 28.3 Å². The molecular formula is C9H6BrClF2O3. The lowest BCUT2D eigenvalue weighted by Crippen LogP contribution is -2.08. The standard InChI is InChI=1S/C9H6BrClF2O3/c10-3-4-1-5(8(14)15)7(6(11)2-4)16-9(12)13/h1-2,9H,3H2,(H,14,15). The molecule has 0 aliphatic heterocycles. The van der Waals surface area contributed by atoms with Crippen molar-refractivity contribution < 1.29 is 23.4 Å². The number of halogens is 4. The number of aromatic carboxylic acids is 1. The topological polar surface area (TPSA) is 46.5 Å². The molecule has 1 aromatic rings. The van der Waals surface area contributed by atoms with Gasteiger partial charge in [0.25, 0.3) is 0 Å². The molecule has 1 aromatic carbocycles. The van der Waals surface area contributed by atoms with Crippen LogP contribution in [0.1, 0.15) is 15.9 Å². The summed E-state index contributed by atoms with van der Waals surface area (Å²) in [5, 5.41) is 9.03. The summed E-state index contributed by atoms with van der Waals surface area (Å²) in [6, 6.07) is 2.58. The van der Waals surface area contributed by atoms with Crippen LogP contribution in [-0.4, -0.2) is 17.7 Å². The van der Waals surface area contributed by atoms with E-state index < -0.39 is 18.3 Å². The van der Waals surface area contributed by atoms with Gasteiger partial charge in [-0.15, -0.1) is 0 Å². The van der Waals surface area contributed by atoms with Crippen molar-refractivity contribution in [1.82, 2.24) is 0 Å². The first-order valence-corrected chi connectivity index (χ1v) is 5.52. The zero-order valence-electron chi connectivity index (χ0n) is 7.71. The lowest BCUT2D eigenvalue weighted by molar-refractivity contribution is -0.0502. The van der Waals surface area contributed by atoms with E-state index in [9.17, 15) is 13.6 Å². The minimum absolute atomic E-state index is 0.158. The Hall–Kier alpha value is -0.880. The molecule has 3 nitrogen and oxygen atoms in total. The van der Waals surface area contributed by atoms with Crippen LogP contribution in [0.3, 0.4) is 0 Å². The number of hydrogen-bond donors (Lipinski definition) is 1. The van der Waals surface area contributed by atoms with E-state index in [0.29, 0.717) is 10.9 Å². The Kier molecular flexibility index (Phi) is 4.49. The predicted octanol–water partition coefficient (Wildman–Crippen LogP) is 3.53. The van der Waals surface area contributed by atoms with Gasteiger partial charge in [-0.3, -0.25) is 0 Å². The smallest absolute Gasteiger partial charge is 0.387 e. The van der Waals surface area contributed by atoms with Gasteiger partial charge in [0.1, 0.15) is 5.56 Å². The number of benzene rings is 1. The van der Waals surface area contributed by atoms with Gasteiger partial charge in [-0.2, -0.15) is 8.78 Å². The third-order valence-electron chi connectivity index (χ3n) is 1.70. The molecule has 0 radical (unpaired) electrons. The van der Waals surface area contributed by atoms with Crippen LogP contribution in [0.5, 0.6) is 5.75 Å². The van der Waals surface area contributed by atoms with Crippen LogP contribution in [0.2, 0.25) is 5.02 Å². The molecule has 0 aliphatic carbocycles. The summed E-state index contributed by atoms with van der Waals surface area (Å²) in [6.07, 6.45) is 0. The van der Waals surface area contributed by atoms with Crippen molar-refractivity contribution >= 4 is 33.5 Å². The fraction of sp³-hybridized carbons (Fsp3) is 0.222. The number of alkyl halides is 3. The zero-order chi connectivity index (χ0) is 12.3. The highest BCUT2D eigenvalue weighted by Gasteiger charge is 2.19. The second-order valence-corrected chi connectivity index (χ2v) is 3.74. The molecule has 0 spiro atoms. The summed E-state index contributed by atoms with van der Waals surface area (Å²) in [4.78, 5) is 10.8. The van der Waals surface area contributed by atoms with Crippen LogP contribution in [0.25, 0.3) is 0 Å². The Bertz CT molecular complexity index is 412. The van der Waals surface area contributed by atoms with E-state index in [0.717, 1.165) is 0 Å². The Morgan fingerprint density at radius 2 is 2.19 bits per heavy atom. The maximum atomic E-state index is 12.0. The van der Waals surface area contributed by atoms with Gasteiger partial charge in [-0.25, -0.2) is 4.79 Å². The summed E-state index contributed by atoms with van der Waals surface area (Å²) in [5.74, 6) is -1.89. The molecule has 16 heavy (non-hydrogen) atoms. The van der Waals surface area contributed by atoms with Crippen LogP contribution >= 0.6 is 27.5 Å². The van der Waals surface area contributed by atoms with Crippen LogP contribution in [-0.2, 0) is 5.33 Å². The van der Waals surface area contributed by atoms with E-state index >= 15 is 0 Å². The molecule has 0 fully saturated rings. The third kappa shape index (κ3) is 3.05. The van der Waals surface area contributed by atoms with E-state index in [1.54, 1.807) is 0 Å². The normalized spacial score (nSPS) is 10.6. The van der Waals surface area contributed by atoms with Gasteiger partial charge in [-0.05, 0) is 17.7 Å². The van der Waals surface area contributed by atoms with Crippen molar-refractivity contribution in [2.24, 2.45) is 0 Å². The quantitative estimate of drug-likeness (QED) is 0.865. The fourth-order valence-corrected chi connectivity index (χ4v) is 1.70.